The molecule has 0 spiro atoms. The third-order valence-electron chi connectivity index (χ3n) is 2.83. The van der Waals surface area contributed by atoms with Gasteiger partial charge in [0.15, 0.2) is 9.84 Å². The maximum absolute atomic E-state index is 11.6. The molecular formula is C11H22N2O4S. The number of hydrogen-bond acceptors (Lipinski definition) is 5. The second-order valence-electron chi connectivity index (χ2n) is 4.52. The molecule has 1 fully saturated rings. The Morgan fingerprint density at radius 1 is 1.44 bits per heavy atom. The summed E-state index contributed by atoms with van der Waals surface area (Å²) in [7, 11) is -1.32. The maximum Gasteiger partial charge on any atom is 0.221 e. The van der Waals surface area contributed by atoms with Crippen LogP contribution in [0, 0.1) is 0 Å². The summed E-state index contributed by atoms with van der Waals surface area (Å²) in [4.78, 5) is 11.6. The van der Waals surface area contributed by atoms with Gasteiger partial charge in [-0.25, -0.2) is 8.42 Å². The van der Waals surface area contributed by atoms with E-state index < -0.39 is 9.84 Å². The van der Waals surface area contributed by atoms with E-state index in [1.165, 1.54) is 0 Å². The third-order valence-corrected chi connectivity index (χ3v) is 4.57. The second kappa shape index (κ2) is 7.70. The summed E-state index contributed by atoms with van der Waals surface area (Å²) in [6, 6.07) is -0.247. The van der Waals surface area contributed by atoms with E-state index >= 15 is 0 Å². The lowest BCUT2D eigenvalue weighted by atomic mass is 10.2. The number of nitrogens with one attached hydrogen (secondary N) is 2. The number of carbonyl (C=O) groups excluding carboxylic acids is 1. The molecule has 0 saturated carbocycles. The predicted octanol–water partition coefficient (Wildman–Crippen LogP) is -0.694. The van der Waals surface area contributed by atoms with Crippen molar-refractivity contribution in [3.05, 3.63) is 0 Å². The summed E-state index contributed by atoms with van der Waals surface area (Å²) in [5.41, 5.74) is 0. The van der Waals surface area contributed by atoms with Crippen LogP contribution >= 0.6 is 0 Å². The molecule has 1 rings (SSSR count). The van der Waals surface area contributed by atoms with E-state index in [0.717, 1.165) is 12.8 Å². The molecule has 106 valence electrons. The lowest BCUT2D eigenvalue weighted by Gasteiger charge is -2.23. The van der Waals surface area contributed by atoms with Gasteiger partial charge < -0.3 is 15.4 Å². The lowest BCUT2D eigenvalue weighted by Crippen LogP contribution is -2.47. The van der Waals surface area contributed by atoms with Crippen molar-refractivity contribution >= 4 is 15.7 Å². The largest absolute Gasteiger partial charge is 0.385 e. The summed E-state index contributed by atoms with van der Waals surface area (Å²) < 4.78 is 27.7. The van der Waals surface area contributed by atoms with Crippen molar-refractivity contribution in [2.45, 2.75) is 25.3 Å². The van der Waals surface area contributed by atoms with Gasteiger partial charge in [-0.1, -0.05) is 0 Å². The highest BCUT2D eigenvalue weighted by molar-refractivity contribution is 7.91. The topological polar surface area (TPSA) is 84.5 Å². The summed E-state index contributed by atoms with van der Waals surface area (Å²) in [5, 5.41) is 5.84. The molecule has 6 nitrogen and oxygen atoms in total. The first-order chi connectivity index (χ1) is 8.53. The van der Waals surface area contributed by atoms with E-state index in [-0.39, 0.29) is 29.9 Å². The van der Waals surface area contributed by atoms with Gasteiger partial charge in [0, 0.05) is 39.3 Å². The third kappa shape index (κ3) is 6.32. The average molecular weight is 278 g/mol. The fraction of sp³-hybridized carbons (Fsp3) is 0.909. The minimum absolute atomic E-state index is 0.0596. The van der Waals surface area contributed by atoms with E-state index in [1.807, 2.05) is 0 Å². The first-order valence-corrected chi connectivity index (χ1v) is 8.05. The predicted molar refractivity (Wildman–Crippen MR) is 69.2 cm³/mol. The first-order valence-electron chi connectivity index (χ1n) is 6.23. The van der Waals surface area contributed by atoms with Crippen molar-refractivity contribution in [3.63, 3.8) is 0 Å². The Balaban J connectivity index is 2.16. The van der Waals surface area contributed by atoms with Crippen molar-refractivity contribution in [2.75, 3.05) is 38.3 Å². The maximum atomic E-state index is 11.6. The van der Waals surface area contributed by atoms with E-state index in [0.29, 0.717) is 19.7 Å². The normalized spacial score (nSPS) is 22.6. The van der Waals surface area contributed by atoms with Gasteiger partial charge in [-0.15, -0.1) is 0 Å². The molecule has 0 bridgehead atoms. The van der Waals surface area contributed by atoms with Crippen LogP contribution in [-0.2, 0) is 19.4 Å². The fourth-order valence-electron chi connectivity index (χ4n) is 1.89. The van der Waals surface area contributed by atoms with Crippen LogP contribution in [0.1, 0.15) is 19.3 Å². The van der Waals surface area contributed by atoms with Gasteiger partial charge in [-0.05, 0) is 12.8 Å². The van der Waals surface area contributed by atoms with E-state index in [2.05, 4.69) is 10.6 Å². The Morgan fingerprint density at radius 2 is 2.22 bits per heavy atom. The van der Waals surface area contributed by atoms with Gasteiger partial charge in [0.05, 0.1) is 11.5 Å². The summed E-state index contributed by atoms with van der Waals surface area (Å²) in [6.45, 7) is 1.74. The van der Waals surface area contributed by atoms with Crippen LogP contribution in [0.4, 0.5) is 0 Å². The van der Waals surface area contributed by atoms with E-state index in [4.69, 9.17) is 4.74 Å². The van der Waals surface area contributed by atoms with Crippen LogP contribution in [0.2, 0.25) is 0 Å². The molecule has 0 aliphatic carbocycles. The summed E-state index contributed by atoms with van der Waals surface area (Å²) >= 11 is 0. The molecule has 1 amide bonds. The molecule has 1 aliphatic rings. The Labute approximate surface area is 108 Å². The molecule has 2 N–H and O–H groups in total. The summed E-state index contributed by atoms with van der Waals surface area (Å²) in [6.07, 6.45) is 2.01. The standard InChI is InChI=1S/C11H22N2O4S/c1-17-6-3-2-4-13-11(14)8-10-9-18(15,16)7-5-12-10/h10,12H,2-9H2,1H3,(H,13,14). The molecule has 1 aliphatic heterocycles. The molecule has 1 saturated heterocycles. The number of ether oxygens (including phenoxy) is 1. The van der Waals surface area contributed by atoms with Crippen molar-refractivity contribution in [3.8, 4) is 0 Å². The Bertz CT molecular complexity index is 356. The molecule has 1 unspecified atom stereocenters. The van der Waals surface area contributed by atoms with Gasteiger partial charge in [-0.2, -0.15) is 0 Å². The zero-order valence-corrected chi connectivity index (χ0v) is 11.6. The molecule has 0 aromatic carbocycles. The van der Waals surface area contributed by atoms with Gasteiger partial charge in [0.25, 0.3) is 0 Å². The van der Waals surface area contributed by atoms with Crippen molar-refractivity contribution in [1.82, 2.24) is 10.6 Å². The Kier molecular flexibility index (Phi) is 6.59. The highest BCUT2D eigenvalue weighted by atomic mass is 32.2. The number of methoxy groups -OCH3 is 1. The van der Waals surface area contributed by atoms with E-state index in [1.54, 1.807) is 7.11 Å². The molecule has 7 heteroatoms. The number of unbranched alkanes of at least 4 members (excludes halogenated alkanes) is 1. The van der Waals surface area contributed by atoms with Crippen LogP contribution in [-0.4, -0.2) is 58.7 Å². The van der Waals surface area contributed by atoms with Crippen molar-refractivity contribution < 1.29 is 17.9 Å². The molecule has 1 atom stereocenters. The summed E-state index contributed by atoms with van der Waals surface area (Å²) in [5.74, 6) is 0.133. The molecule has 0 aromatic rings. The second-order valence-corrected chi connectivity index (χ2v) is 6.75. The van der Waals surface area contributed by atoms with Gasteiger partial charge in [0.2, 0.25) is 5.91 Å². The molecular weight excluding hydrogens is 256 g/mol. The number of hydrogen-bond donors (Lipinski definition) is 2. The van der Waals surface area contributed by atoms with Crippen LogP contribution in [0.15, 0.2) is 0 Å². The fourth-order valence-corrected chi connectivity index (χ4v) is 3.34. The average Bonchev–Trinajstić information content (AvgIpc) is 2.27. The number of sulfone groups is 1. The van der Waals surface area contributed by atoms with Crippen molar-refractivity contribution in [1.29, 1.82) is 0 Å². The monoisotopic (exact) mass is 278 g/mol. The first kappa shape index (κ1) is 15.4. The minimum Gasteiger partial charge on any atom is -0.385 e. The SMILES string of the molecule is COCCCCNC(=O)CC1CS(=O)(=O)CCN1. The van der Waals surface area contributed by atoms with E-state index in [9.17, 15) is 13.2 Å². The quantitative estimate of drug-likeness (QED) is 0.602. The van der Waals surface area contributed by atoms with Crippen LogP contribution < -0.4 is 10.6 Å². The Morgan fingerprint density at radius 3 is 2.89 bits per heavy atom. The van der Waals surface area contributed by atoms with Crippen LogP contribution in [0.3, 0.4) is 0 Å². The molecule has 1 heterocycles. The van der Waals surface area contributed by atoms with Gasteiger partial charge in [-0.3, -0.25) is 4.79 Å². The highest BCUT2D eigenvalue weighted by Crippen LogP contribution is 2.04. The van der Waals surface area contributed by atoms with Crippen LogP contribution in [0.5, 0.6) is 0 Å². The van der Waals surface area contributed by atoms with Crippen LogP contribution in [0.25, 0.3) is 0 Å². The Hall–Kier alpha value is -0.660. The molecule has 0 aromatic heterocycles. The molecule has 18 heavy (non-hydrogen) atoms. The van der Waals surface area contributed by atoms with Gasteiger partial charge >= 0.3 is 0 Å². The number of rotatable bonds is 7. The molecule has 0 radical (unpaired) electrons. The lowest BCUT2D eigenvalue weighted by molar-refractivity contribution is -0.121. The van der Waals surface area contributed by atoms with Gasteiger partial charge in [0.1, 0.15) is 0 Å². The smallest absolute Gasteiger partial charge is 0.221 e. The number of carbonyl (C=O) groups is 1. The zero-order chi connectivity index (χ0) is 13.4. The zero-order valence-electron chi connectivity index (χ0n) is 10.8. The van der Waals surface area contributed by atoms with Crippen molar-refractivity contribution in [2.24, 2.45) is 0 Å². The number of amides is 1. The minimum atomic E-state index is -2.97. The highest BCUT2D eigenvalue weighted by Gasteiger charge is 2.25.